The molecule has 1 rings (SSSR count). The molecule has 13 heteroatoms. The van der Waals surface area contributed by atoms with Crippen LogP contribution in [0, 0.1) is 11.3 Å². The molecule has 0 aliphatic heterocycles. The first kappa shape index (κ1) is 28.7. The first-order chi connectivity index (χ1) is 13.4. The molecule has 30 heavy (non-hydrogen) atoms. The van der Waals surface area contributed by atoms with E-state index in [9.17, 15) is 27.1 Å². The van der Waals surface area contributed by atoms with E-state index in [1.54, 1.807) is 34.0 Å². The zero-order valence-corrected chi connectivity index (χ0v) is 20.0. The SMILES string of the molecule is CSc1c(C#N)c(C(C)(C)C)oc(=[NH2+])c1P(=O)(OC(C)C)OC(C)C.F[B-](F)(F)F. The monoisotopic (exact) mass is 474 g/mol. The first-order valence-corrected chi connectivity index (χ1v) is 11.7. The molecule has 0 radical (unpaired) electrons. The van der Waals surface area contributed by atoms with Crippen molar-refractivity contribution in [1.82, 2.24) is 0 Å². The van der Waals surface area contributed by atoms with Gasteiger partial charge in [-0.05, 0) is 34.0 Å². The lowest BCUT2D eigenvalue weighted by molar-refractivity contribution is -0.198. The van der Waals surface area contributed by atoms with Crippen LogP contribution in [0.2, 0.25) is 0 Å². The Bertz CT molecular complexity index is 857. The van der Waals surface area contributed by atoms with E-state index in [4.69, 9.17) is 18.9 Å². The van der Waals surface area contributed by atoms with E-state index >= 15 is 0 Å². The van der Waals surface area contributed by atoms with E-state index in [-0.39, 0.29) is 23.1 Å². The highest BCUT2D eigenvalue weighted by Crippen LogP contribution is 2.51. The third-order valence-corrected chi connectivity index (χ3v) is 6.44. The molecular weight excluding hydrogens is 446 g/mol. The molecule has 0 unspecified atom stereocenters. The molecule has 0 bridgehead atoms. The van der Waals surface area contributed by atoms with Crippen LogP contribution in [0.3, 0.4) is 0 Å². The van der Waals surface area contributed by atoms with Crippen LogP contribution >= 0.6 is 19.4 Å². The average molecular weight is 474 g/mol. The number of hydrogen-bond donors (Lipinski definition) is 1. The summed E-state index contributed by atoms with van der Waals surface area (Å²) in [5, 5.41) is 16.0. The number of hydrogen-bond acceptors (Lipinski definition) is 6. The minimum absolute atomic E-state index is 0.0436. The molecule has 1 aromatic heterocycles. The van der Waals surface area contributed by atoms with Gasteiger partial charge in [0.2, 0.25) is 0 Å². The highest BCUT2D eigenvalue weighted by molar-refractivity contribution is 7.99. The fourth-order valence-corrected chi connectivity index (χ4v) is 5.61. The number of nitrogens with two attached hydrogens (primary N) is 1. The van der Waals surface area contributed by atoms with Crippen molar-refractivity contribution in [2.24, 2.45) is 0 Å². The lowest BCUT2D eigenvalue weighted by atomic mass is 9.90. The van der Waals surface area contributed by atoms with Crippen LogP contribution in [0.5, 0.6) is 0 Å². The predicted octanol–water partition coefficient (Wildman–Crippen LogP) is 3.80. The largest absolute Gasteiger partial charge is 0.673 e. The van der Waals surface area contributed by atoms with Gasteiger partial charge in [0.15, 0.2) is 5.30 Å². The quantitative estimate of drug-likeness (QED) is 0.292. The summed E-state index contributed by atoms with van der Waals surface area (Å²) in [5.74, 6) is 0.446. The zero-order chi connectivity index (χ0) is 24.1. The average Bonchev–Trinajstić information content (AvgIpc) is 2.49. The molecule has 0 saturated heterocycles. The van der Waals surface area contributed by atoms with Crippen LogP contribution in [-0.4, -0.2) is 25.7 Å². The van der Waals surface area contributed by atoms with Gasteiger partial charge in [0.25, 0.3) is 0 Å². The van der Waals surface area contributed by atoms with Gasteiger partial charge in [-0.1, -0.05) is 20.8 Å². The van der Waals surface area contributed by atoms with E-state index in [0.717, 1.165) is 0 Å². The molecule has 0 atom stereocenters. The van der Waals surface area contributed by atoms with Gasteiger partial charge >= 0.3 is 20.4 Å². The number of halogens is 4. The minimum Gasteiger partial charge on any atom is -0.418 e. The summed E-state index contributed by atoms with van der Waals surface area (Å²) in [6.07, 6.45) is 1.08. The van der Waals surface area contributed by atoms with Gasteiger partial charge in [-0.3, -0.25) is 4.57 Å². The topological polar surface area (TPSA) is 98.1 Å². The summed E-state index contributed by atoms with van der Waals surface area (Å²) in [7, 11) is -9.78. The maximum absolute atomic E-state index is 13.6. The Morgan fingerprint density at radius 2 is 1.53 bits per heavy atom. The number of nitriles is 1. The molecule has 172 valence electrons. The lowest BCUT2D eigenvalue weighted by Crippen LogP contribution is -2.54. The van der Waals surface area contributed by atoms with Gasteiger partial charge in [-0.15, -0.1) is 11.8 Å². The fraction of sp³-hybridized carbons (Fsp3) is 0.647. The molecule has 1 heterocycles. The summed E-state index contributed by atoms with van der Waals surface area (Å²) in [6.45, 7) is 12.8. The van der Waals surface area contributed by atoms with Crippen molar-refractivity contribution in [3.05, 3.63) is 16.9 Å². The van der Waals surface area contributed by atoms with Crippen LogP contribution in [0.15, 0.2) is 9.31 Å². The van der Waals surface area contributed by atoms with Crippen molar-refractivity contribution in [3.8, 4) is 6.07 Å². The number of nitrogens with zero attached hydrogens (tertiary/aromatic N) is 1. The number of rotatable bonds is 6. The Morgan fingerprint density at radius 1 is 1.13 bits per heavy atom. The minimum atomic E-state index is -6.00. The molecule has 0 spiro atoms. The van der Waals surface area contributed by atoms with E-state index in [1.807, 2.05) is 20.8 Å². The van der Waals surface area contributed by atoms with Gasteiger partial charge in [0, 0.05) is 5.41 Å². The second-order valence-electron chi connectivity index (χ2n) is 7.71. The molecule has 1 aromatic rings. The number of thioether (sulfide) groups is 1. The van der Waals surface area contributed by atoms with Crippen molar-refractivity contribution in [1.29, 1.82) is 5.26 Å². The van der Waals surface area contributed by atoms with Crippen LogP contribution in [0.1, 0.15) is 59.8 Å². The molecule has 0 aliphatic rings. The standard InChI is InChI=1S/C17H27N2O4PS.BF4/c1-10(2)22-24(20,23-11(3)4)13-14(25-8)12(9-18)15(17(5,6)7)21-16(13)19;2-1(3,4)5/h10-11,19H,1-8H3;/q;-1/p+1. The van der Waals surface area contributed by atoms with E-state index < -0.39 is 20.3 Å². The molecule has 0 aliphatic carbocycles. The summed E-state index contributed by atoms with van der Waals surface area (Å²) in [4.78, 5) is 0.473. The summed E-state index contributed by atoms with van der Waals surface area (Å²) >= 11 is 1.28. The predicted molar refractivity (Wildman–Crippen MR) is 109 cm³/mol. The van der Waals surface area contributed by atoms with Gasteiger partial charge in [-0.2, -0.15) is 5.26 Å². The molecule has 6 nitrogen and oxygen atoms in total. The van der Waals surface area contributed by atoms with Crippen molar-refractivity contribution in [2.45, 2.75) is 71.0 Å². The highest BCUT2D eigenvalue weighted by atomic mass is 32.2. The smallest absolute Gasteiger partial charge is 0.418 e. The van der Waals surface area contributed by atoms with Gasteiger partial charge < -0.3 is 30.7 Å². The van der Waals surface area contributed by atoms with Crippen LogP contribution in [-0.2, 0) is 19.0 Å². The van der Waals surface area contributed by atoms with Gasteiger partial charge in [0.1, 0.15) is 17.4 Å². The van der Waals surface area contributed by atoms with Gasteiger partial charge in [-0.25, -0.2) is 5.41 Å². The van der Waals surface area contributed by atoms with E-state index in [2.05, 4.69) is 6.07 Å². The van der Waals surface area contributed by atoms with Crippen LogP contribution in [0.25, 0.3) is 0 Å². The Hall–Kier alpha value is -1.28. The first-order valence-electron chi connectivity index (χ1n) is 8.96. The Labute approximate surface area is 178 Å². The third-order valence-electron chi connectivity index (χ3n) is 3.08. The fourth-order valence-electron chi connectivity index (χ4n) is 2.32. The summed E-state index contributed by atoms with van der Waals surface area (Å²) in [5.41, 5.74) is -0.175. The van der Waals surface area contributed by atoms with E-state index in [0.29, 0.717) is 16.2 Å². The third kappa shape index (κ3) is 8.84. The maximum Gasteiger partial charge on any atom is 0.673 e. The van der Waals surface area contributed by atoms with Gasteiger partial charge in [0.05, 0.1) is 17.1 Å². The molecule has 0 aromatic carbocycles. The molecule has 0 fully saturated rings. The summed E-state index contributed by atoms with van der Waals surface area (Å²) in [6, 6.07) is 2.17. The molecule has 0 saturated carbocycles. The normalized spacial score (nSPS) is 12.6. The Kier molecular flexibility index (Phi) is 10.4. The lowest BCUT2D eigenvalue weighted by Gasteiger charge is -2.25. The van der Waals surface area contributed by atoms with Crippen molar-refractivity contribution in [2.75, 3.05) is 6.26 Å². The highest BCUT2D eigenvalue weighted by Gasteiger charge is 2.41. The molecule has 0 amide bonds. The van der Waals surface area contributed by atoms with Crippen molar-refractivity contribution >= 4 is 31.9 Å². The zero-order valence-electron chi connectivity index (χ0n) is 18.3. The van der Waals surface area contributed by atoms with Crippen LogP contribution < -0.4 is 16.3 Å². The van der Waals surface area contributed by atoms with Crippen molar-refractivity contribution < 1.29 is 40.7 Å². The second kappa shape index (κ2) is 10.8. The Balaban J connectivity index is 0.00000150. The molecule has 2 N–H and O–H groups in total. The summed E-state index contributed by atoms with van der Waals surface area (Å²) < 4.78 is 69.6. The maximum atomic E-state index is 13.6. The molecular formula is C17H28BF4N2O4PS. The second-order valence-corrected chi connectivity index (χ2v) is 10.4. The van der Waals surface area contributed by atoms with E-state index in [1.165, 1.54) is 11.8 Å². The Morgan fingerprint density at radius 3 is 1.80 bits per heavy atom. The van der Waals surface area contributed by atoms with Crippen LogP contribution in [0.4, 0.5) is 17.3 Å². The van der Waals surface area contributed by atoms with Crippen molar-refractivity contribution in [3.63, 3.8) is 0 Å².